The molecule has 7 heteroatoms. The SMILES string of the molecule is O=C(c1csc(-c2ccsc2)n1)N1CCCC1c1ccc2c(c1)OCCCO2. The number of nitrogens with zero attached hydrogens (tertiary/aromatic N) is 2. The lowest BCUT2D eigenvalue weighted by atomic mass is 10.0. The van der Waals surface area contributed by atoms with Crippen molar-refractivity contribution in [2.24, 2.45) is 0 Å². The first-order valence-electron chi connectivity index (χ1n) is 9.48. The summed E-state index contributed by atoms with van der Waals surface area (Å²) in [6.07, 6.45) is 2.83. The predicted molar refractivity (Wildman–Crippen MR) is 110 cm³/mol. The summed E-state index contributed by atoms with van der Waals surface area (Å²) >= 11 is 3.16. The van der Waals surface area contributed by atoms with Crippen molar-refractivity contribution in [2.45, 2.75) is 25.3 Å². The fourth-order valence-corrected chi connectivity index (χ4v) is 5.29. The maximum Gasteiger partial charge on any atom is 0.273 e. The van der Waals surface area contributed by atoms with E-state index in [-0.39, 0.29) is 11.9 Å². The van der Waals surface area contributed by atoms with E-state index in [0.717, 1.165) is 53.4 Å². The predicted octanol–water partition coefficient (Wildman–Crippen LogP) is 5.01. The van der Waals surface area contributed by atoms with E-state index < -0.39 is 0 Å². The fourth-order valence-electron chi connectivity index (χ4n) is 3.78. The summed E-state index contributed by atoms with van der Waals surface area (Å²) in [7, 11) is 0. The third-order valence-corrected chi connectivity index (χ3v) is 6.74. The molecule has 0 aliphatic carbocycles. The molecule has 1 aromatic carbocycles. The molecule has 1 unspecified atom stereocenters. The van der Waals surface area contributed by atoms with Crippen molar-refractivity contribution in [1.29, 1.82) is 0 Å². The number of aromatic nitrogens is 1. The molecule has 0 radical (unpaired) electrons. The number of carbonyl (C=O) groups is 1. The minimum Gasteiger partial charge on any atom is -0.490 e. The van der Waals surface area contributed by atoms with Crippen molar-refractivity contribution < 1.29 is 14.3 Å². The summed E-state index contributed by atoms with van der Waals surface area (Å²) < 4.78 is 11.6. The molecule has 0 spiro atoms. The van der Waals surface area contributed by atoms with E-state index >= 15 is 0 Å². The lowest BCUT2D eigenvalue weighted by Crippen LogP contribution is -2.30. The largest absolute Gasteiger partial charge is 0.490 e. The van der Waals surface area contributed by atoms with Crippen LogP contribution in [0.5, 0.6) is 11.5 Å². The zero-order chi connectivity index (χ0) is 18.9. The molecule has 3 aromatic rings. The topological polar surface area (TPSA) is 51.7 Å². The number of rotatable bonds is 3. The van der Waals surface area contributed by atoms with Crippen molar-refractivity contribution in [1.82, 2.24) is 9.88 Å². The van der Waals surface area contributed by atoms with Crippen LogP contribution < -0.4 is 9.47 Å². The quantitative estimate of drug-likeness (QED) is 0.607. The first-order chi connectivity index (χ1) is 13.8. The average molecular weight is 413 g/mol. The second-order valence-electron chi connectivity index (χ2n) is 6.96. The number of fused-ring (bicyclic) bond motifs is 1. The van der Waals surface area contributed by atoms with Gasteiger partial charge in [0.2, 0.25) is 0 Å². The van der Waals surface area contributed by atoms with Crippen LogP contribution in [0.15, 0.2) is 40.4 Å². The molecule has 144 valence electrons. The van der Waals surface area contributed by atoms with Gasteiger partial charge >= 0.3 is 0 Å². The van der Waals surface area contributed by atoms with Gasteiger partial charge in [-0.05, 0) is 42.0 Å². The van der Waals surface area contributed by atoms with Crippen LogP contribution in [-0.2, 0) is 0 Å². The summed E-state index contributed by atoms with van der Waals surface area (Å²) in [6, 6.07) is 8.15. The van der Waals surface area contributed by atoms with Gasteiger partial charge in [0.25, 0.3) is 5.91 Å². The number of benzene rings is 1. The molecule has 5 nitrogen and oxygen atoms in total. The fraction of sp³-hybridized carbons (Fsp3) is 0.333. The van der Waals surface area contributed by atoms with Gasteiger partial charge in [0.05, 0.1) is 19.3 Å². The van der Waals surface area contributed by atoms with Gasteiger partial charge in [0.15, 0.2) is 11.5 Å². The second-order valence-corrected chi connectivity index (χ2v) is 8.60. The highest BCUT2D eigenvalue weighted by Crippen LogP contribution is 2.38. The van der Waals surface area contributed by atoms with Crippen LogP contribution in [0, 0.1) is 0 Å². The molecule has 5 rings (SSSR count). The molecule has 1 atom stereocenters. The van der Waals surface area contributed by atoms with Crippen LogP contribution in [0.3, 0.4) is 0 Å². The third-order valence-electron chi connectivity index (χ3n) is 5.16. The summed E-state index contributed by atoms with van der Waals surface area (Å²) in [6.45, 7) is 2.09. The van der Waals surface area contributed by atoms with Gasteiger partial charge in [-0.3, -0.25) is 4.79 Å². The Balaban J connectivity index is 1.39. The molecule has 0 bridgehead atoms. The zero-order valence-electron chi connectivity index (χ0n) is 15.3. The minimum absolute atomic E-state index is 0.00680. The molecule has 2 aliphatic rings. The van der Waals surface area contributed by atoms with E-state index in [1.807, 2.05) is 33.9 Å². The molecule has 2 aromatic heterocycles. The van der Waals surface area contributed by atoms with E-state index in [0.29, 0.717) is 18.9 Å². The van der Waals surface area contributed by atoms with Crippen LogP contribution >= 0.6 is 22.7 Å². The first-order valence-corrected chi connectivity index (χ1v) is 11.3. The Labute approximate surface area is 171 Å². The number of likely N-dealkylation sites (tertiary alicyclic amines) is 1. The van der Waals surface area contributed by atoms with Crippen molar-refractivity contribution in [3.63, 3.8) is 0 Å². The van der Waals surface area contributed by atoms with Crippen LogP contribution in [0.25, 0.3) is 10.6 Å². The maximum absolute atomic E-state index is 13.2. The summed E-state index contributed by atoms with van der Waals surface area (Å²) in [5.74, 6) is 1.58. The molecule has 4 heterocycles. The molecule has 1 fully saturated rings. The lowest BCUT2D eigenvalue weighted by molar-refractivity contribution is 0.0730. The molecule has 1 saturated heterocycles. The van der Waals surface area contributed by atoms with Crippen LogP contribution in [0.1, 0.15) is 41.4 Å². The highest BCUT2D eigenvalue weighted by molar-refractivity contribution is 7.14. The van der Waals surface area contributed by atoms with Gasteiger partial charge in [-0.2, -0.15) is 11.3 Å². The molecule has 0 N–H and O–H groups in total. The normalized spacial score (nSPS) is 18.9. The lowest BCUT2D eigenvalue weighted by Gasteiger charge is -2.25. The third kappa shape index (κ3) is 3.29. The Morgan fingerprint density at radius 1 is 1.11 bits per heavy atom. The highest BCUT2D eigenvalue weighted by atomic mass is 32.1. The van der Waals surface area contributed by atoms with Gasteiger partial charge in [-0.25, -0.2) is 4.98 Å². The monoisotopic (exact) mass is 412 g/mol. The molecule has 0 saturated carbocycles. The molecule has 2 aliphatic heterocycles. The average Bonchev–Trinajstić information content (AvgIpc) is 3.46. The Kier molecular flexibility index (Phi) is 4.78. The van der Waals surface area contributed by atoms with Crippen molar-refractivity contribution in [3.8, 4) is 22.1 Å². The highest BCUT2D eigenvalue weighted by Gasteiger charge is 2.32. The van der Waals surface area contributed by atoms with Crippen LogP contribution in [-0.4, -0.2) is 35.5 Å². The Hall–Kier alpha value is -2.38. The van der Waals surface area contributed by atoms with Gasteiger partial charge in [0, 0.05) is 29.3 Å². The molecule has 28 heavy (non-hydrogen) atoms. The zero-order valence-corrected chi connectivity index (χ0v) is 16.9. The Morgan fingerprint density at radius 2 is 2.00 bits per heavy atom. The smallest absolute Gasteiger partial charge is 0.273 e. The second kappa shape index (κ2) is 7.56. The Morgan fingerprint density at radius 3 is 2.86 bits per heavy atom. The maximum atomic E-state index is 13.2. The Bertz CT molecular complexity index is 983. The van der Waals surface area contributed by atoms with Gasteiger partial charge in [-0.15, -0.1) is 11.3 Å². The number of thiazole rings is 1. The van der Waals surface area contributed by atoms with Crippen molar-refractivity contribution in [2.75, 3.05) is 19.8 Å². The molecular weight excluding hydrogens is 392 g/mol. The van der Waals surface area contributed by atoms with Crippen molar-refractivity contribution in [3.05, 3.63) is 51.7 Å². The standard InChI is InChI=1S/C21H20N2O3S2/c24-21(16-13-28-20(22-16)15-6-10-27-12-15)23-7-1-3-17(23)14-4-5-18-19(11-14)26-9-2-8-25-18/h4-6,10-13,17H,1-3,7-9H2. The van der Waals surface area contributed by atoms with E-state index in [9.17, 15) is 4.79 Å². The van der Waals surface area contributed by atoms with Gasteiger partial charge in [-0.1, -0.05) is 6.07 Å². The first kappa shape index (κ1) is 17.7. The summed E-state index contributed by atoms with van der Waals surface area (Å²) in [5, 5.41) is 6.86. The number of amides is 1. The van der Waals surface area contributed by atoms with Crippen LogP contribution in [0.2, 0.25) is 0 Å². The molecule has 1 amide bonds. The number of carbonyl (C=O) groups excluding carboxylic acids is 1. The number of thiophene rings is 1. The van der Waals surface area contributed by atoms with Gasteiger partial charge in [0.1, 0.15) is 10.7 Å². The number of hydrogen-bond donors (Lipinski definition) is 0. The number of hydrogen-bond acceptors (Lipinski definition) is 6. The summed E-state index contributed by atoms with van der Waals surface area (Å²) in [4.78, 5) is 19.7. The van der Waals surface area contributed by atoms with E-state index in [1.54, 1.807) is 11.3 Å². The van der Waals surface area contributed by atoms with Crippen LogP contribution in [0.4, 0.5) is 0 Å². The van der Waals surface area contributed by atoms with E-state index in [4.69, 9.17) is 9.47 Å². The van der Waals surface area contributed by atoms with Gasteiger partial charge < -0.3 is 14.4 Å². The van der Waals surface area contributed by atoms with E-state index in [2.05, 4.69) is 16.4 Å². The van der Waals surface area contributed by atoms with E-state index in [1.165, 1.54) is 11.3 Å². The van der Waals surface area contributed by atoms with Crippen molar-refractivity contribution >= 4 is 28.6 Å². The molecular formula is C21H20N2O3S2. The minimum atomic E-state index is 0.00680. The number of ether oxygens (including phenoxy) is 2. The summed E-state index contributed by atoms with van der Waals surface area (Å²) in [5.41, 5.74) is 2.71.